The van der Waals surface area contributed by atoms with Gasteiger partial charge in [0, 0.05) is 99.1 Å². The molecule has 0 saturated carbocycles. The zero-order valence-electron chi connectivity index (χ0n) is 70.7. The van der Waals surface area contributed by atoms with Crippen LogP contribution >= 0.6 is 0 Å². The maximum absolute atomic E-state index is 12.8. The fraction of sp³-hybridized carbons (Fsp3) is 0.529. The number of nitrogens with one attached hydrogen (secondary N) is 3. The molecule has 3 saturated heterocycles. The lowest BCUT2D eigenvalue weighted by Gasteiger charge is -2.41. The van der Waals surface area contributed by atoms with Crippen LogP contribution in [0.25, 0.3) is 47.6 Å². The van der Waals surface area contributed by atoms with Gasteiger partial charge in [-0.05, 0) is 75.7 Å². The van der Waals surface area contributed by atoms with Gasteiger partial charge in [-0.25, -0.2) is 49.6 Å². The summed E-state index contributed by atoms with van der Waals surface area (Å²) in [7, 11) is 3.29. The quantitative estimate of drug-likeness (QED) is 0.152. The molecule has 72 heavy (non-hydrogen) atoms. The van der Waals surface area contributed by atoms with Crippen LogP contribution in [0.4, 0.5) is 17.5 Å². The minimum atomic E-state index is -3.59. The number of amides is 3. The van der Waals surface area contributed by atoms with Gasteiger partial charge in [0.1, 0.15) is 57.4 Å². The number of piperidine rings is 3. The average molecular weight is 1010 g/mol. The molecule has 3 fully saturated rings. The van der Waals surface area contributed by atoms with Gasteiger partial charge in [0.05, 0.1) is 50.7 Å². The summed E-state index contributed by atoms with van der Waals surface area (Å²) in [5, 5.41) is -0.0814. The number of H-pyrrole nitrogens is 3. The van der Waals surface area contributed by atoms with E-state index in [0.29, 0.717) is 16.3 Å². The lowest BCUT2D eigenvalue weighted by Crippen LogP contribution is -2.53. The van der Waals surface area contributed by atoms with Gasteiger partial charge in [0.25, 0.3) is 19.6 Å². The van der Waals surface area contributed by atoms with Crippen molar-refractivity contribution in [2.24, 2.45) is 17.7 Å². The molecule has 21 nitrogen and oxygen atoms in total. The summed E-state index contributed by atoms with van der Waals surface area (Å²) in [5.41, 5.74) is 1.02. The van der Waals surface area contributed by atoms with E-state index in [1.165, 1.54) is 14.0 Å². The van der Waals surface area contributed by atoms with E-state index < -0.39 is 163 Å². The van der Waals surface area contributed by atoms with Gasteiger partial charge < -0.3 is 58.9 Å². The van der Waals surface area contributed by atoms with Crippen LogP contribution < -0.4 is 14.7 Å². The molecule has 21 heteroatoms. The summed E-state index contributed by atoms with van der Waals surface area (Å²) in [5.74, 6) is -12.6. The zero-order chi connectivity index (χ0) is 79.3. The highest BCUT2D eigenvalue weighted by Gasteiger charge is 2.36. The van der Waals surface area contributed by atoms with Crippen molar-refractivity contribution in [1.82, 2.24) is 59.6 Å². The third-order valence-electron chi connectivity index (χ3n) is 10.4. The van der Waals surface area contributed by atoms with Crippen molar-refractivity contribution in [2.75, 3.05) is 94.5 Å². The Labute approximate surface area is 464 Å². The van der Waals surface area contributed by atoms with Gasteiger partial charge in [0.15, 0.2) is 0 Å². The predicted octanol–water partition coefficient (Wildman–Crippen LogP) is 5.58. The number of anilines is 3. The maximum Gasteiger partial charge on any atom is 0.302 e. The molecule has 3 amide bonds. The Balaban J connectivity index is 0.000000216. The molecule has 0 unspecified atom stereocenters. The van der Waals surface area contributed by atoms with Gasteiger partial charge >= 0.3 is 17.7 Å². The van der Waals surface area contributed by atoms with E-state index in [0.717, 1.165) is 37.7 Å². The van der Waals surface area contributed by atoms with Crippen LogP contribution in [0.5, 0.6) is 0 Å². The number of aromatic nitrogens is 9. The first-order chi connectivity index (χ1) is 46.5. The molecule has 9 rings (SSSR count). The molecule has 3 aliphatic rings. The molecule has 378 valence electrons. The van der Waals surface area contributed by atoms with Crippen molar-refractivity contribution in [3.05, 3.63) is 88.4 Å². The number of hydrogen-bond acceptors (Lipinski definition) is 12. The van der Waals surface area contributed by atoms with Crippen molar-refractivity contribution < 1.29 is 56.9 Å². The molecular weight excluding hydrogens is 913 g/mol. The second kappa shape index (κ2) is 22.9. The molecule has 6 atom stereocenters. The van der Waals surface area contributed by atoms with Crippen LogP contribution in [0, 0.1) is 58.2 Å². The first kappa shape index (κ1) is 25.0. The highest BCUT2D eigenvalue weighted by molar-refractivity contribution is 5.90. The Hall–Kier alpha value is -7.86. The van der Waals surface area contributed by atoms with E-state index in [9.17, 15) is 17.1 Å². The van der Waals surface area contributed by atoms with Crippen LogP contribution in [0.2, 0.25) is 0 Å². The number of aromatic amines is 3. The van der Waals surface area contributed by atoms with Gasteiger partial charge in [-0.3, -0.25) is 14.4 Å². The molecule has 0 bridgehead atoms. The Bertz CT molecular complexity index is 4560. The van der Waals surface area contributed by atoms with Crippen LogP contribution in [0.1, 0.15) is 99.4 Å². The van der Waals surface area contributed by atoms with Crippen molar-refractivity contribution >= 4 is 68.3 Å². The normalized spacial score (nSPS) is 37.7. The molecular formula is C51H66N18O3. The topological polar surface area (TPSA) is 208 Å². The summed E-state index contributed by atoms with van der Waals surface area (Å²) in [6, 6.07) is -9.50. The largest absolute Gasteiger partial charge is 0.354 e. The molecule has 0 aromatic carbocycles. The number of hydrogen-bond donors (Lipinski definition) is 3. The average Bonchev–Trinajstić information content (AvgIpc) is 0.901. The van der Waals surface area contributed by atoms with E-state index >= 15 is 0 Å². The van der Waals surface area contributed by atoms with E-state index in [-0.39, 0.29) is 83.3 Å². The summed E-state index contributed by atoms with van der Waals surface area (Å²) < 4.78 is 262. The van der Waals surface area contributed by atoms with Gasteiger partial charge in [0.2, 0.25) is 0 Å². The minimum Gasteiger partial charge on any atom is -0.354 e. The van der Waals surface area contributed by atoms with Crippen LogP contribution in [0.15, 0.2) is 37.0 Å². The fourth-order valence-corrected chi connectivity index (χ4v) is 6.93. The number of likely N-dealkylation sites (tertiary alicyclic amines) is 3. The molecule has 3 N–H and O–H groups in total. The minimum absolute atomic E-state index is 0.00842. The molecule has 0 spiro atoms. The summed E-state index contributed by atoms with van der Waals surface area (Å²) in [4.78, 5) is 80.3. The monoisotopic (exact) mass is 1010 g/mol. The highest BCUT2D eigenvalue weighted by atomic mass is 16.2. The number of carbonyl (C=O) groups is 3. The van der Waals surface area contributed by atoms with Crippen LogP contribution in [-0.2, 0) is 14.4 Å². The number of fused-ring (bicyclic) bond motifs is 3. The summed E-state index contributed by atoms with van der Waals surface area (Å²) >= 11 is 0. The van der Waals surface area contributed by atoms with Crippen molar-refractivity contribution in [3.8, 4) is 0 Å². The van der Waals surface area contributed by atoms with E-state index in [1.807, 2.05) is 0 Å². The Kier molecular flexibility index (Phi) is 7.96. The molecule has 6 aromatic rings. The smallest absolute Gasteiger partial charge is 0.302 e. The standard InChI is InChI=1S/3C17H22N6O/c3*1-11-5-6-23(15(24)8-18-3)9-14(11)22(4)17-13-7-12(2)21-16(13)19-10-20-17/h3*7,10-11,14H,5-6,8-9H2,1-2,4H3,(H,19,20,21)/t3*11-,14+/m111/s1/i5D2,6D2,7D,9D2,10D,11D,14D;1D3,5D2,6D2,7D,9D2,10D,14D;5D2,6D2,7D,9D2,10D,14D. The number of carbonyl (C=O) groups excluding carboxylic acids is 3. The Morgan fingerprint density at radius 3 is 1.32 bits per heavy atom. The van der Waals surface area contributed by atoms with Crippen molar-refractivity contribution in [3.63, 3.8) is 0 Å². The van der Waals surface area contributed by atoms with Gasteiger partial charge in [-0.1, -0.05) is 20.7 Å². The predicted molar refractivity (Wildman–Crippen MR) is 278 cm³/mol. The molecule has 9 heterocycles. The second-order valence-electron chi connectivity index (χ2n) is 15.5. The van der Waals surface area contributed by atoms with E-state index in [2.05, 4.69) is 59.4 Å². The summed E-state index contributed by atoms with van der Waals surface area (Å²) in [6.07, 6.45) is -11.5. The van der Waals surface area contributed by atoms with Gasteiger partial charge in [-0.2, -0.15) is 0 Å². The summed E-state index contributed by atoms with van der Waals surface area (Å²) in [6.45, 7) is 0.586. The number of likely N-dealkylation sites (N-methyl/N-ethyl adjacent to an activating group) is 3. The van der Waals surface area contributed by atoms with Crippen LogP contribution in [0.3, 0.4) is 0 Å². The maximum atomic E-state index is 12.8. The van der Waals surface area contributed by atoms with E-state index in [4.69, 9.17) is 59.5 Å². The van der Waals surface area contributed by atoms with Crippen molar-refractivity contribution in [1.29, 1.82) is 0 Å². The number of rotatable bonds is 9. The van der Waals surface area contributed by atoms with Crippen molar-refractivity contribution in [2.45, 2.75) is 78.6 Å². The SMILES string of the molecule is [2H]c1nc(N(C)[C@@]2([2H])C([2H])([2H])N(C(=O)C[N+]#[C-])C([2H])([2H])C([2H])([2H])[C@@]2([2H])C)c2c([2H])c(C)[nH]c2n1.[2H]c1nc(N(C)[C@]2([2H])[C@H](C([2H])([2H])[2H])C([2H])([2H])C([2H])([2H])N(C(=O)C[N+]#[C-])C2([2H])[2H])c2c([2H])c(C)[nH]c2n1.[2H]c1nc(N(C)[C@]2([2H])[C@H](C)C([2H])([2H])C([2H])([2H])N(C(=O)C[N+]#[C-])C2([2H])[2H])c2c([2H])c(C)[nH]c2n1. The first-order valence-electron chi connectivity index (χ1n) is 36.7. The molecule has 3 aliphatic heterocycles. The molecule has 0 aliphatic carbocycles. The Morgan fingerprint density at radius 2 is 0.944 bits per heavy atom. The first-order valence-corrected chi connectivity index (χ1v) is 21.2. The lowest BCUT2D eigenvalue weighted by atomic mass is 9.92. The zero-order valence-corrected chi connectivity index (χ0v) is 39.7. The van der Waals surface area contributed by atoms with E-state index in [1.54, 1.807) is 13.8 Å². The fourth-order valence-electron chi connectivity index (χ4n) is 6.93. The third kappa shape index (κ3) is 11.5. The second-order valence-corrected chi connectivity index (χ2v) is 15.5. The third-order valence-corrected chi connectivity index (χ3v) is 10.4. The lowest BCUT2D eigenvalue weighted by molar-refractivity contribution is -0.131. The molecule has 0 radical (unpaired) electrons. The number of aryl methyl sites for hydroxylation is 3. The highest BCUT2D eigenvalue weighted by Crippen LogP contribution is 2.32. The molecule has 6 aromatic heterocycles. The van der Waals surface area contributed by atoms with Crippen LogP contribution in [-0.4, -0.2) is 175 Å². The Morgan fingerprint density at radius 1 is 0.611 bits per heavy atom. The van der Waals surface area contributed by atoms with Gasteiger partial charge in [-0.15, -0.1) is 0 Å². The number of nitrogens with zero attached hydrogens (tertiary/aromatic N) is 15.